The zero-order chi connectivity index (χ0) is 12.4. The van der Waals surface area contributed by atoms with Crippen LogP contribution < -0.4 is 4.74 Å². The van der Waals surface area contributed by atoms with Crippen LogP contribution >= 0.6 is 11.3 Å². The number of thiophene rings is 1. The van der Waals surface area contributed by atoms with Gasteiger partial charge in [-0.2, -0.15) is 5.10 Å². The standard InChI is InChI=1S/C14H14N2OS/c1-10-13-9-11(4-5-14(13)16-15-10)17-7-6-12-3-2-8-18-12/h2-5,8-9H,6-7H2,1H3,(H,15,16). The normalized spacial score (nSPS) is 10.9. The first-order chi connectivity index (χ1) is 8.83. The first-order valence-electron chi connectivity index (χ1n) is 5.93. The molecule has 3 nitrogen and oxygen atoms in total. The van der Waals surface area contributed by atoms with Gasteiger partial charge in [-0.05, 0) is 36.6 Å². The molecule has 3 rings (SSSR count). The largest absolute Gasteiger partial charge is 0.493 e. The van der Waals surface area contributed by atoms with Gasteiger partial charge in [0.25, 0.3) is 0 Å². The fourth-order valence-electron chi connectivity index (χ4n) is 1.93. The van der Waals surface area contributed by atoms with Crippen molar-refractivity contribution in [3.05, 3.63) is 46.3 Å². The van der Waals surface area contributed by atoms with Crippen LogP contribution in [0.3, 0.4) is 0 Å². The van der Waals surface area contributed by atoms with Gasteiger partial charge in [0.2, 0.25) is 0 Å². The van der Waals surface area contributed by atoms with Crippen LogP contribution in [0.25, 0.3) is 10.9 Å². The Morgan fingerprint density at radius 2 is 2.28 bits per heavy atom. The lowest BCUT2D eigenvalue weighted by molar-refractivity contribution is 0.323. The van der Waals surface area contributed by atoms with Crippen LogP contribution in [-0.4, -0.2) is 16.8 Å². The second-order valence-electron chi connectivity index (χ2n) is 4.21. The summed E-state index contributed by atoms with van der Waals surface area (Å²) in [5.74, 6) is 0.906. The molecule has 0 aliphatic carbocycles. The molecule has 0 atom stereocenters. The smallest absolute Gasteiger partial charge is 0.120 e. The number of rotatable bonds is 4. The number of aromatic amines is 1. The van der Waals surface area contributed by atoms with Gasteiger partial charge in [0, 0.05) is 22.4 Å². The summed E-state index contributed by atoms with van der Waals surface area (Å²) in [5, 5.41) is 10.4. The molecule has 0 aliphatic rings. The molecule has 0 saturated heterocycles. The Bertz CT molecular complexity index is 643. The molecule has 2 aromatic heterocycles. The number of hydrogen-bond acceptors (Lipinski definition) is 3. The summed E-state index contributed by atoms with van der Waals surface area (Å²) in [4.78, 5) is 1.36. The van der Waals surface area contributed by atoms with E-state index in [2.05, 4.69) is 27.7 Å². The van der Waals surface area contributed by atoms with Gasteiger partial charge >= 0.3 is 0 Å². The van der Waals surface area contributed by atoms with E-state index in [0.717, 1.165) is 28.8 Å². The fraction of sp³-hybridized carbons (Fsp3) is 0.214. The summed E-state index contributed by atoms with van der Waals surface area (Å²) in [7, 11) is 0. The molecule has 1 aromatic carbocycles. The number of ether oxygens (including phenoxy) is 1. The molecule has 92 valence electrons. The van der Waals surface area contributed by atoms with E-state index in [1.54, 1.807) is 11.3 Å². The maximum atomic E-state index is 5.78. The topological polar surface area (TPSA) is 37.9 Å². The monoisotopic (exact) mass is 258 g/mol. The Morgan fingerprint density at radius 3 is 3.11 bits per heavy atom. The highest BCUT2D eigenvalue weighted by atomic mass is 32.1. The van der Waals surface area contributed by atoms with Crippen molar-refractivity contribution in [2.45, 2.75) is 13.3 Å². The van der Waals surface area contributed by atoms with Gasteiger partial charge in [0.1, 0.15) is 5.75 Å². The summed E-state index contributed by atoms with van der Waals surface area (Å²) < 4.78 is 5.78. The van der Waals surface area contributed by atoms with Gasteiger partial charge in [-0.3, -0.25) is 5.10 Å². The molecular formula is C14H14N2OS. The van der Waals surface area contributed by atoms with Gasteiger partial charge in [0.15, 0.2) is 0 Å². The van der Waals surface area contributed by atoms with E-state index in [9.17, 15) is 0 Å². The zero-order valence-corrected chi connectivity index (χ0v) is 11.0. The van der Waals surface area contributed by atoms with Crippen LogP contribution in [0.1, 0.15) is 10.6 Å². The Morgan fingerprint density at radius 1 is 1.33 bits per heavy atom. The average Bonchev–Trinajstić information content (AvgIpc) is 3.01. The lowest BCUT2D eigenvalue weighted by Crippen LogP contribution is -1.99. The molecule has 0 spiro atoms. The first kappa shape index (κ1) is 11.3. The van der Waals surface area contributed by atoms with Crippen molar-refractivity contribution in [3.63, 3.8) is 0 Å². The molecule has 0 saturated carbocycles. The highest BCUT2D eigenvalue weighted by Gasteiger charge is 2.03. The third-order valence-electron chi connectivity index (χ3n) is 2.91. The SMILES string of the molecule is Cc1[nH]nc2ccc(OCCc3cccs3)cc12. The molecule has 0 unspecified atom stereocenters. The van der Waals surface area contributed by atoms with Crippen molar-refractivity contribution in [3.8, 4) is 5.75 Å². The number of fused-ring (bicyclic) bond motifs is 1. The van der Waals surface area contributed by atoms with Gasteiger partial charge in [-0.1, -0.05) is 6.07 Å². The number of nitrogens with zero attached hydrogens (tertiary/aromatic N) is 1. The number of nitrogens with one attached hydrogen (secondary N) is 1. The summed E-state index contributed by atoms with van der Waals surface area (Å²) in [6.45, 7) is 2.73. The Labute approximate surface area is 109 Å². The molecule has 18 heavy (non-hydrogen) atoms. The van der Waals surface area contributed by atoms with E-state index in [4.69, 9.17) is 4.74 Å². The molecule has 1 N–H and O–H groups in total. The predicted octanol–water partition coefficient (Wildman–Crippen LogP) is 3.55. The summed E-state index contributed by atoms with van der Waals surface area (Å²) in [6, 6.07) is 10.2. The number of benzene rings is 1. The minimum absolute atomic E-state index is 0.711. The van der Waals surface area contributed by atoms with Crippen molar-refractivity contribution in [2.24, 2.45) is 0 Å². The lowest BCUT2D eigenvalue weighted by atomic mass is 10.2. The third kappa shape index (κ3) is 2.24. The molecule has 0 radical (unpaired) electrons. The maximum absolute atomic E-state index is 5.78. The van der Waals surface area contributed by atoms with Gasteiger partial charge in [-0.25, -0.2) is 0 Å². The number of aryl methyl sites for hydroxylation is 1. The van der Waals surface area contributed by atoms with E-state index in [1.165, 1.54) is 4.88 Å². The fourth-order valence-corrected chi connectivity index (χ4v) is 2.62. The predicted molar refractivity (Wildman–Crippen MR) is 74.3 cm³/mol. The summed E-state index contributed by atoms with van der Waals surface area (Å²) in [6.07, 6.45) is 0.958. The second kappa shape index (κ2) is 4.82. The molecule has 2 heterocycles. The Kier molecular flexibility index (Phi) is 3.02. The van der Waals surface area contributed by atoms with Crippen LogP contribution in [0, 0.1) is 6.92 Å². The highest BCUT2D eigenvalue weighted by Crippen LogP contribution is 2.22. The minimum Gasteiger partial charge on any atom is -0.493 e. The Hall–Kier alpha value is -1.81. The average molecular weight is 258 g/mol. The number of aromatic nitrogens is 2. The number of H-pyrrole nitrogens is 1. The van der Waals surface area contributed by atoms with Crippen molar-refractivity contribution >= 4 is 22.2 Å². The van der Waals surface area contributed by atoms with Gasteiger partial charge in [0.05, 0.1) is 12.1 Å². The molecule has 3 aromatic rings. The zero-order valence-electron chi connectivity index (χ0n) is 10.1. The van der Waals surface area contributed by atoms with Gasteiger partial charge < -0.3 is 4.74 Å². The second-order valence-corrected chi connectivity index (χ2v) is 5.24. The van der Waals surface area contributed by atoms with Gasteiger partial charge in [-0.15, -0.1) is 11.3 Å². The van der Waals surface area contributed by atoms with Crippen LogP contribution in [0.15, 0.2) is 35.7 Å². The van der Waals surface area contributed by atoms with Crippen LogP contribution in [-0.2, 0) is 6.42 Å². The molecule has 0 fully saturated rings. The minimum atomic E-state index is 0.711. The molecule has 0 amide bonds. The van der Waals surface area contributed by atoms with E-state index >= 15 is 0 Å². The summed E-state index contributed by atoms with van der Waals surface area (Å²) >= 11 is 1.77. The van der Waals surface area contributed by atoms with E-state index in [-0.39, 0.29) is 0 Å². The van der Waals surface area contributed by atoms with Crippen molar-refractivity contribution in [1.29, 1.82) is 0 Å². The molecule has 0 aliphatic heterocycles. The first-order valence-corrected chi connectivity index (χ1v) is 6.81. The van der Waals surface area contributed by atoms with Crippen molar-refractivity contribution in [1.82, 2.24) is 10.2 Å². The van der Waals surface area contributed by atoms with Crippen LogP contribution in [0.2, 0.25) is 0 Å². The quantitative estimate of drug-likeness (QED) is 0.777. The van der Waals surface area contributed by atoms with E-state index in [1.807, 2.05) is 25.1 Å². The maximum Gasteiger partial charge on any atom is 0.120 e. The van der Waals surface area contributed by atoms with Crippen LogP contribution in [0.4, 0.5) is 0 Å². The summed E-state index contributed by atoms with van der Waals surface area (Å²) in [5.41, 5.74) is 2.06. The highest BCUT2D eigenvalue weighted by molar-refractivity contribution is 7.09. The third-order valence-corrected chi connectivity index (χ3v) is 3.85. The molecule has 4 heteroatoms. The van der Waals surface area contributed by atoms with Crippen molar-refractivity contribution < 1.29 is 4.74 Å². The van der Waals surface area contributed by atoms with E-state index < -0.39 is 0 Å². The lowest BCUT2D eigenvalue weighted by Gasteiger charge is -2.05. The van der Waals surface area contributed by atoms with Crippen LogP contribution in [0.5, 0.6) is 5.75 Å². The Balaban J connectivity index is 1.69. The van der Waals surface area contributed by atoms with E-state index in [0.29, 0.717) is 6.61 Å². The number of hydrogen-bond donors (Lipinski definition) is 1. The van der Waals surface area contributed by atoms with Crippen molar-refractivity contribution in [2.75, 3.05) is 6.61 Å². The molecule has 0 bridgehead atoms. The molecular weight excluding hydrogens is 244 g/mol.